The number of ether oxygens (including phenoxy) is 2. The zero-order valence-electron chi connectivity index (χ0n) is 15.5. The van der Waals surface area contributed by atoms with Crippen molar-refractivity contribution in [1.29, 1.82) is 0 Å². The van der Waals surface area contributed by atoms with Crippen molar-refractivity contribution < 1.29 is 24.1 Å². The Labute approximate surface area is 168 Å². The van der Waals surface area contributed by atoms with Crippen LogP contribution in [0.2, 0.25) is 0 Å². The van der Waals surface area contributed by atoms with Gasteiger partial charge in [-0.15, -0.1) is 0 Å². The number of carbonyl (C=O) groups excluding carboxylic acids is 1. The van der Waals surface area contributed by atoms with Crippen molar-refractivity contribution in [3.63, 3.8) is 0 Å². The van der Waals surface area contributed by atoms with Gasteiger partial charge in [0.15, 0.2) is 18.2 Å². The molecule has 0 bridgehead atoms. The molecule has 3 aromatic rings. The third kappa shape index (κ3) is 4.67. The highest BCUT2D eigenvalue weighted by atomic mass is 16.6. The molecule has 0 aliphatic rings. The lowest BCUT2D eigenvalue weighted by Gasteiger charge is -2.07. The second-order valence-electron chi connectivity index (χ2n) is 5.87. The monoisotopic (exact) mass is 413 g/mol. The second kappa shape index (κ2) is 8.68. The molecule has 0 fully saturated rings. The van der Waals surface area contributed by atoms with Crippen molar-refractivity contribution in [1.82, 2.24) is 9.78 Å². The van der Waals surface area contributed by atoms with Gasteiger partial charge in [0.1, 0.15) is 5.75 Å². The lowest BCUT2D eigenvalue weighted by Crippen LogP contribution is -2.14. The molecule has 30 heavy (non-hydrogen) atoms. The van der Waals surface area contributed by atoms with Crippen molar-refractivity contribution in [3.8, 4) is 11.5 Å². The third-order valence-electron chi connectivity index (χ3n) is 3.88. The number of hydrogen-bond donors (Lipinski definition) is 1. The van der Waals surface area contributed by atoms with Crippen LogP contribution in [0.1, 0.15) is 10.5 Å². The number of anilines is 1. The van der Waals surface area contributed by atoms with Gasteiger partial charge in [-0.3, -0.25) is 25.0 Å². The topological polar surface area (TPSA) is 152 Å². The normalized spacial score (nSPS) is 10.3. The van der Waals surface area contributed by atoms with Crippen LogP contribution in [-0.4, -0.2) is 32.6 Å². The summed E-state index contributed by atoms with van der Waals surface area (Å²) in [5.41, 5.74) is -0.251. The first kappa shape index (κ1) is 20.3. The van der Waals surface area contributed by atoms with Crippen LogP contribution >= 0.6 is 0 Å². The van der Waals surface area contributed by atoms with E-state index in [1.807, 2.05) is 0 Å². The molecule has 154 valence electrons. The maximum Gasteiger partial charge on any atom is 0.311 e. The molecule has 0 aliphatic heterocycles. The highest BCUT2D eigenvalue weighted by Gasteiger charge is 2.16. The molecule has 1 N–H and O–H groups in total. The van der Waals surface area contributed by atoms with Crippen LogP contribution in [0.25, 0.3) is 0 Å². The van der Waals surface area contributed by atoms with Crippen LogP contribution in [0.15, 0.2) is 54.7 Å². The Bertz CT molecular complexity index is 1110. The molecule has 0 saturated carbocycles. The molecule has 12 nitrogen and oxygen atoms in total. The number of rotatable bonds is 8. The van der Waals surface area contributed by atoms with E-state index in [-0.39, 0.29) is 41.0 Å². The minimum Gasteiger partial charge on any atom is -0.496 e. The average molecular weight is 413 g/mol. The van der Waals surface area contributed by atoms with E-state index in [2.05, 4.69) is 10.4 Å². The molecular formula is C18H15N5O7. The molecule has 12 heteroatoms. The molecule has 3 rings (SSSR count). The van der Waals surface area contributed by atoms with Gasteiger partial charge in [-0.1, -0.05) is 12.1 Å². The third-order valence-corrected chi connectivity index (χ3v) is 3.88. The average Bonchev–Trinajstić information content (AvgIpc) is 3.21. The predicted molar refractivity (Wildman–Crippen MR) is 104 cm³/mol. The lowest BCUT2D eigenvalue weighted by atomic mass is 10.2. The number of nitrogens with one attached hydrogen (secondary N) is 1. The number of carbonyl (C=O) groups is 1. The Morgan fingerprint density at radius 1 is 1.13 bits per heavy atom. The summed E-state index contributed by atoms with van der Waals surface area (Å²) in [6.07, 6.45) is 1.46. The van der Waals surface area contributed by atoms with Gasteiger partial charge in [-0.2, -0.15) is 5.10 Å². The zero-order chi connectivity index (χ0) is 21.7. The molecule has 0 unspecified atom stereocenters. The number of benzene rings is 2. The molecule has 0 saturated heterocycles. The molecule has 0 spiro atoms. The minimum atomic E-state index is -0.609. The van der Waals surface area contributed by atoms with Crippen LogP contribution < -0.4 is 14.8 Å². The molecule has 0 atom stereocenters. The second-order valence-corrected chi connectivity index (χ2v) is 5.87. The maximum atomic E-state index is 12.4. The first-order valence-corrected chi connectivity index (χ1v) is 8.42. The van der Waals surface area contributed by atoms with Gasteiger partial charge in [0.2, 0.25) is 0 Å². The smallest absolute Gasteiger partial charge is 0.311 e. The van der Waals surface area contributed by atoms with Gasteiger partial charge in [-0.05, 0) is 12.1 Å². The summed E-state index contributed by atoms with van der Waals surface area (Å²) in [5.74, 6) is -0.336. The summed E-state index contributed by atoms with van der Waals surface area (Å²) in [4.78, 5) is 33.2. The molecule has 1 aromatic heterocycles. The molecule has 2 aromatic carbocycles. The first-order chi connectivity index (χ1) is 14.4. The summed E-state index contributed by atoms with van der Waals surface area (Å²) in [7, 11) is 1.35. The van der Waals surface area contributed by atoms with Gasteiger partial charge in [0, 0.05) is 24.4 Å². The van der Waals surface area contributed by atoms with E-state index < -0.39 is 15.8 Å². The van der Waals surface area contributed by atoms with Crippen LogP contribution in [0, 0.1) is 20.2 Å². The highest BCUT2D eigenvalue weighted by molar-refractivity contribution is 6.03. The highest BCUT2D eigenvalue weighted by Crippen LogP contribution is 2.27. The van der Waals surface area contributed by atoms with Crippen molar-refractivity contribution in [2.75, 3.05) is 12.4 Å². The van der Waals surface area contributed by atoms with E-state index in [0.717, 1.165) is 0 Å². The number of methoxy groups -OCH3 is 1. The Morgan fingerprint density at radius 3 is 2.60 bits per heavy atom. The van der Waals surface area contributed by atoms with Gasteiger partial charge < -0.3 is 14.8 Å². The first-order valence-electron chi connectivity index (χ1n) is 8.42. The Balaban J connectivity index is 1.69. The SMILES string of the molecule is COc1cc(NC(=O)c2ccn(COc3ccccc3[N+](=O)[O-])n2)cc([N+](=O)[O-])c1. The lowest BCUT2D eigenvalue weighted by molar-refractivity contribution is -0.386. The molecular weight excluding hydrogens is 398 g/mol. The van der Waals surface area contributed by atoms with Gasteiger partial charge in [0.25, 0.3) is 11.6 Å². The molecule has 0 aliphatic carbocycles. The van der Waals surface area contributed by atoms with Crippen molar-refractivity contribution in [3.05, 3.63) is 80.7 Å². The fourth-order valence-electron chi connectivity index (χ4n) is 2.49. The number of nitrogens with zero attached hydrogens (tertiary/aromatic N) is 4. The minimum absolute atomic E-state index is 0.0200. The van der Waals surface area contributed by atoms with Gasteiger partial charge in [0.05, 0.1) is 28.7 Å². The number of nitro groups is 2. The summed E-state index contributed by atoms with van der Waals surface area (Å²) in [6.45, 7) is -0.164. The van der Waals surface area contributed by atoms with E-state index in [1.54, 1.807) is 6.07 Å². The fourth-order valence-corrected chi connectivity index (χ4v) is 2.49. The van der Waals surface area contributed by atoms with Crippen LogP contribution in [0.4, 0.5) is 17.1 Å². The van der Waals surface area contributed by atoms with E-state index in [9.17, 15) is 25.0 Å². The van der Waals surface area contributed by atoms with Crippen molar-refractivity contribution >= 4 is 23.0 Å². The largest absolute Gasteiger partial charge is 0.496 e. The molecule has 1 amide bonds. The van der Waals surface area contributed by atoms with Crippen molar-refractivity contribution in [2.45, 2.75) is 6.73 Å². The number of para-hydroxylation sites is 2. The standard InChI is InChI=1S/C18H15N5O7/c1-29-14-9-12(8-13(10-14)22(25)26)19-18(24)15-6-7-21(20-15)11-30-17-5-3-2-4-16(17)23(27)28/h2-10H,11H2,1H3,(H,19,24). The Morgan fingerprint density at radius 2 is 1.90 bits per heavy atom. The Hall–Kier alpha value is -4.48. The number of hydrogen-bond acceptors (Lipinski definition) is 8. The zero-order valence-corrected chi connectivity index (χ0v) is 15.5. The van der Waals surface area contributed by atoms with Crippen LogP contribution in [-0.2, 0) is 6.73 Å². The van der Waals surface area contributed by atoms with E-state index in [4.69, 9.17) is 9.47 Å². The Kier molecular flexibility index (Phi) is 5.86. The van der Waals surface area contributed by atoms with E-state index >= 15 is 0 Å². The van der Waals surface area contributed by atoms with Crippen molar-refractivity contribution in [2.24, 2.45) is 0 Å². The fraction of sp³-hybridized carbons (Fsp3) is 0.111. The van der Waals surface area contributed by atoms with E-state index in [1.165, 1.54) is 60.5 Å². The molecule has 0 radical (unpaired) electrons. The van der Waals surface area contributed by atoms with Crippen LogP contribution in [0.5, 0.6) is 11.5 Å². The number of nitro benzene ring substituents is 2. The summed E-state index contributed by atoms with van der Waals surface area (Å²) in [5, 5.41) is 28.6. The van der Waals surface area contributed by atoms with Gasteiger partial charge >= 0.3 is 5.69 Å². The predicted octanol–water partition coefficient (Wildman–Crippen LogP) is 3.00. The number of amides is 1. The van der Waals surface area contributed by atoms with E-state index in [0.29, 0.717) is 0 Å². The maximum absolute atomic E-state index is 12.4. The number of non-ortho nitro benzene ring substituents is 1. The van der Waals surface area contributed by atoms with Crippen LogP contribution in [0.3, 0.4) is 0 Å². The summed E-state index contributed by atoms with van der Waals surface area (Å²) < 4.78 is 11.7. The summed E-state index contributed by atoms with van der Waals surface area (Å²) >= 11 is 0. The van der Waals surface area contributed by atoms with Gasteiger partial charge in [-0.25, -0.2) is 4.68 Å². The summed E-state index contributed by atoms with van der Waals surface area (Å²) in [6, 6.07) is 11.1. The quantitative estimate of drug-likeness (QED) is 0.437. The number of aromatic nitrogens is 2. The molecule has 1 heterocycles.